The van der Waals surface area contributed by atoms with Gasteiger partial charge in [-0.15, -0.1) is 0 Å². The minimum Gasteiger partial charge on any atom is -0.347 e. The first-order valence-corrected chi connectivity index (χ1v) is 4.16. The minimum atomic E-state index is 0.0406. The molecule has 0 saturated heterocycles. The van der Waals surface area contributed by atoms with Gasteiger partial charge in [0.25, 0.3) is 0 Å². The highest BCUT2D eigenvalue weighted by molar-refractivity contribution is 5.75. The SMILES string of the molecule is CN(Cc1ncc[nH]1)C(=O)CCN. The van der Waals surface area contributed by atoms with Crippen molar-refractivity contribution in [3.63, 3.8) is 0 Å². The molecule has 72 valence electrons. The van der Waals surface area contributed by atoms with Gasteiger partial charge in [-0.25, -0.2) is 4.98 Å². The second-order valence-corrected chi connectivity index (χ2v) is 2.82. The molecule has 0 aromatic carbocycles. The molecule has 5 heteroatoms. The van der Waals surface area contributed by atoms with E-state index in [0.29, 0.717) is 19.5 Å². The van der Waals surface area contributed by atoms with E-state index in [1.807, 2.05) is 0 Å². The average molecular weight is 182 g/mol. The number of nitrogens with two attached hydrogens (primary N) is 1. The van der Waals surface area contributed by atoms with Crippen LogP contribution in [-0.2, 0) is 11.3 Å². The van der Waals surface area contributed by atoms with E-state index in [0.717, 1.165) is 5.82 Å². The fourth-order valence-corrected chi connectivity index (χ4v) is 1.01. The number of nitrogens with one attached hydrogen (secondary N) is 1. The lowest BCUT2D eigenvalue weighted by Crippen LogP contribution is -2.28. The predicted molar refractivity (Wildman–Crippen MR) is 48.7 cm³/mol. The van der Waals surface area contributed by atoms with Crippen molar-refractivity contribution >= 4 is 5.91 Å². The van der Waals surface area contributed by atoms with Gasteiger partial charge in [-0.3, -0.25) is 4.79 Å². The molecule has 0 atom stereocenters. The van der Waals surface area contributed by atoms with Crippen LogP contribution in [0.1, 0.15) is 12.2 Å². The molecular formula is C8H14N4O. The number of amides is 1. The molecule has 0 saturated carbocycles. The summed E-state index contributed by atoms with van der Waals surface area (Å²) in [6, 6.07) is 0. The molecule has 1 rings (SSSR count). The molecule has 1 aromatic heterocycles. The summed E-state index contributed by atoms with van der Waals surface area (Å²) >= 11 is 0. The number of H-pyrrole nitrogens is 1. The summed E-state index contributed by atoms with van der Waals surface area (Å²) < 4.78 is 0. The van der Waals surface area contributed by atoms with E-state index in [1.165, 1.54) is 0 Å². The molecule has 1 heterocycles. The zero-order valence-corrected chi connectivity index (χ0v) is 7.66. The van der Waals surface area contributed by atoms with Gasteiger partial charge >= 0.3 is 0 Å². The Bertz CT molecular complexity index is 257. The zero-order chi connectivity index (χ0) is 9.68. The molecule has 0 fully saturated rings. The highest BCUT2D eigenvalue weighted by atomic mass is 16.2. The monoisotopic (exact) mass is 182 g/mol. The average Bonchev–Trinajstić information content (AvgIpc) is 2.57. The first-order valence-electron chi connectivity index (χ1n) is 4.16. The largest absolute Gasteiger partial charge is 0.347 e. The fourth-order valence-electron chi connectivity index (χ4n) is 1.01. The molecule has 0 aliphatic carbocycles. The molecular weight excluding hydrogens is 168 g/mol. The highest BCUT2D eigenvalue weighted by Crippen LogP contribution is 1.97. The Balaban J connectivity index is 2.41. The molecule has 0 radical (unpaired) electrons. The van der Waals surface area contributed by atoms with Gasteiger partial charge < -0.3 is 15.6 Å². The standard InChI is InChI=1S/C8H14N4O/c1-12(8(13)2-3-9)6-7-10-4-5-11-7/h4-5H,2-3,6,9H2,1H3,(H,10,11). The van der Waals surface area contributed by atoms with Gasteiger partial charge in [0.2, 0.25) is 5.91 Å². The van der Waals surface area contributed by atoms with E-state index in [1.54, 1.807) is 24.3 Å². The van der Waals surface area contributed by atoms with Crippen molar-refractivity contribution < 1.29 is 4.79 Å². The van der Waals surface area contributed by atoms with E-state index in [-0.39, 0.29) is 5.91 Å². The van der Waals surface area contributed by atoms with E-state index >= 15 is 0 Å². The molecule has 0 aliphatic rings. The number of nitrogens with zero attached hydrogens (tertiary/aromatic N) is 2. The van der Waals surface area contributed by atoms with Crippen LogP contribution in [0.3, 0.4) is 0 Å². The summed E-state index contributed by atoms with van der Waals surface area (Å²) in [4.78, 5) is 19.8. The topological polar surface area (TPSA) is 75.0 Å². The van der Waals surface area contributed by atoms with Crippen molar-refractivity contribution in [1.82, 2.24) is 14.9 Å². The van der Waals surface area contributed by atoms with E-state index in [4.69, 9.17) is 5.73 Å². The molecule has 1 amide bonds. The van der Waals surface area contributed by atoms with Crippen LogP contribution in [0, 0.1) is 0 Å². The van der Waals surface area contributed by atoms with Crippen molar-refractivity contribution in [2.45, 2.75) is 13.0 Å². The Kier molecular flexibility index (Phi) is 3.45. The molecule has 0 unspecified atom stereocenters. The maximum Gasteiger partial charge on any atom is 0.223 e. The van der Waals surface area contributed by atoms with Gasteiger partial charge in [-0.1, -0.05) is 0 Å². The predicted octanol–water partition coefficient (Wildman–Crippen LogP) is -0.283. The molecule has 0 spiro atoms. The van der Waals surface area contributed by atoms with Crippen molar-refractivity contribution in [3.8, 4) is 0 Å². The second-order valence-electron chi connectivity index (χ2n) is 2.82. The minimum absolute atomic E-state index is 0.0406. The molecule has 0 bridgehead atoms. The van der Waals surface area contributed by atoms with Crippen molar-refractivity contribution in [3.05, 3.63) is 18.2 Å². The number of rotatable bonds is 4. The summed E-state index contributed by atoms with van der Waals surface area (Å²) in [7, 11) is 1.74. The quantitative estimate of drug-likeness (QED) is 0.672. The maximum absolute atomic E-state index is 11.3. The molecule has 0 aliphatic heterocycles. The van der Waals surface area contributed by atoms with E-state index in [9.17, 15) is 4.79 Å². The van der Waals surface area contributed by atoms with Gasteiger partial charge in [0, 0.05) is 32.4 Å². The van der Waals surface area contributed by atoms with Crippen LogP contribution in [-0.4, -0.2) is 34.4 Å². The van der Waals surface area contributed by atoms with E-state index < -0.39 is 0 Å². The number of aromatic nitrogens is 2. The number of imidazole rings is 1. The Hall–Kier alpha value is -1.36. The van der Waals surface area contributed by atoms with Crippen LogP contribution in [0.5, 0.6) is 0 Å². The Morgan fingerprint density at radius 2 is 2.54 bits per heavy atom. The van der Waals surface area contributed by atoms with Crippen LogP contribution in [0.2, 0.25) is 0 Å². The third kappa shape index (κ3) is 2.87. The number of hydrogen-bond acceptors (Lipinski definition) is 3. The van der Waals surface area contributed by atoms with Crippen LogP contribution >= 0.6 is 0 Å². The van der Waals surface area contributed by atoms with Crippen molar-refractivity contribution in [1.29, 1.82) is 0 Å². The van der Waals surface area contributed by atoms with Crippen molar-refractivity contribution in [2.24, 2.45) is 5.73 Å². The molecule has 3 N–H and O–H groups in total. The van der Waals surface area contributed by atoms with Gasteiger partial charge in [0.15, 0.2) is 0 Å². The lowest BCUT2D eigenvalue weighted by molar-refractivity contribution is -0.130. The molecule has 1 aromatic rings. The Morgan fingerprint density at radius 1 is 1.77 bits per heavy atom. The first kappa shape index (κ1) is 9.73. The lowest BCUT2D eigenvalue weighted by Gasteiger charge is -2.14. The number of carbonyl (C=O) groups excluding carboxylic acids is 1. The van der Waals surface area contributed by atoms with Crippen LogP contribution in [0.4, 0.5) is 0 Å². The number of aromatic amines is 1. The van der Waals surface area contributed by atoms with Gasteiger partial charge in [0.05, 0.1) is 6.54 Å². The first-order chi connectivity index (χ1) is 6.24. The normalized spacial score (nSPS) is 10.0. The fraction of sp³-hybridized carbons (Fsp3) is 0.500. The Labute approximate surface area is 76.9 Å². The van der Waals surface area contributed by atoms with Crippen molar-refractivity contribution in [2.75, 3.05) is 13.6 Å². The maximum atomic E-state index is 11.3. The third-order valence-corrected chi connectivity index (χ3v) is 1.73. The van der Waals surface area contributed by atoms with Crippen LogP contribution in [0.25, 0.3) is 0 Å². The summed E-state index contributed by atoms with van der Waals surface area (Å²) in [5.74, 6) is 0.826. The van der Waals surface area contributed by atoms with Crippen LogP contribution < -0.4 is 5.73 Å². The van der Waals surface area contributed by atoms with Gasteiger partial charge in [-0.05, 0) is 0 Å². The van der Waals surface area contributed by atoms with Gasteiger partial charge in [-0.2, -0.15) is 0 Å². The highest BCUT2D eigenvalue weighted by Gasteiger charge is 2.08. The molecule has 5 nitrogen and oxygen atoms in total. The lowest BCUT2D eigenvalue weighted by atomic mass is 10.3. The number of hydrogen-bond donors (Lipinski definition) is 2. The summed E-state index contributed by atoms with van der Waals surface area (Å²) in [5, 5.41) is 0. The zero-order valence-electron chi connectivity index (χ0n) is 7.66. The second kappa shape index (κ2) is 4.61. The smallest absolute Gasteiger partial charge is 0.223 e. The third-order valence-electron chi connectivity index (χ3n) is 1.73. The Morgan fingerprint density at radius 3 is 3.08 bits per heavy atom. The summed E-state index contributed by atoms with van der Waals surface area (Å²) in [5.41, 5.74) is 5.27. The summed E-state index contributed by atoms with van der Waals surface area (Å²) in [6.45, 7) is 0.896. The molecule has 13 heavy (non-hydrogen) atoms. The number of carbonyl (C=O) groups is 1. The van der Waals surface area contributed by atoms with Crippen LogP contribution in [0.15, 0.2) is 12.4 Å². The van der Waals surface area contributed by atoms with Gasteiger partial charge in [0.1, 0.15) is 5.82 Å². The van der Waals surface area contributed by atoms with E-state index in [2.05, 4.69) is 9.97 Å². The summed E-state index contributed by atoms with van der Waals surface area (Å²) in [6.07, 6.45) is 3.78.